The monoisotopic (exact) mass is 309 g/mol. The average Bonchev–Trinajstić information content (AvgIpc) is 2.61. The number of carbonyl (C=O) groups excluding carboxylic acids is 1. The van der Waals surface area contributed by atoms with Crippen molar-refractivity contribution in [3.63, 3.8) is 0 Å². The number of hydrogen-bond acceptors (Lipinski definition) is 5. The van der Waals surface area contributed by atoms with E-state index in [1.807, 2.05) is 18.2 Å². The molecule has 23 heavy (non-hydrogen) atoms. The third kappa shape index (κ3) is 2.91. The number of fused-ring (bicyclic) bond motifs is 1. The highest BCUT2D eigenvalue weighted by atomic mass is 16.5. The van der Waals surface area contributed by atoms with E-state index in [4.69, 9.17) is 9.47 Å². The molecule has 6 heteroatoms. The van der Waals surface area contributed by atoms with Gasteiger partial charge in [0.15, 0.2) is 0 Å². The molecule has 1 aromatic carbocycles. The molecule has 1 N–H and O–H groups in total. The summed E-state index contributed by atoms with van der Waals surface area (Å²) in [5, 5.41) is 3.72. The largest absolute Gasteiger partial charge is 0.497 e. The van der Waals surface area contributed by atoms with Crippen LogP contribution in [-0.2, 0) is 0 Å². The van der Waals surface area contributed by atoms with E-state index in [0.717, 1.165) is 5.39 Å². The molecule has 2 heterocycles. The lowest BCUT2D eigenvalue weighted by Gasteiger charge is -2.11. The summed E-state index contributed by atoms with van der Waals surface area (Å²) in [7, 11) is 3.05. The van der Waals surface area contributed by atoms with Gasteiger partial charge in [-0.1, -0.05) is 6.07 Å². The van der Waals surface area contributed by atoms with Crippen molar-refractivity contribution in [3.8, 4) is 11.6 Å². The summed E-state index contributed by atoms with van der Waals surface area (Å²) in [4.78, 5) is 20.9. The van der Waals surface area contributed by atoms with Crippen molar-refractivity contribution in [2.75, 3.05) is 19.5 Å². The van der Waals surface area contributed by atoms with Crippen molar-refractivity contribution >= 4 is 22.5 Å². The first-order valence-electron chi connectivity index (χ1n) is 6.96. The van der Waals surface area contributed by atoms with E-state index in [1.54, 1.807) is 37.7 Å². The molecule has 3 aromatic rings. The number of hydrogen-bond donors (Lipinski definition) is 1. The first-order chi connectivity index (χ1) is 11.2. The second kappa shape index (κ2) is 6.31. The number of nitrogens with zero attached hydrogens (tertiary/aromatic N) is 2. The third-order valence-corrected chi connectivity index (χ3v) is 3.37. The summed E-state index contributed by atoms with van der Waals surface area (Å²) >= 11 is 0. The van der Waals surface area contributed by atoms with Gasteiger partial charge in [0.2, 0.25) is 5.88 Å². The summed E-state index contributed by atoms with van der Waals surface area (Å²) in [6.45, 7) is 0. The fourth-order valence-corrected chi connectivity index (χ4v) is 2.29. The van der Waals surface area contributed by atoms with E-state index in [1.165, 1.54) is 7.11 Å². The van der Waals surface area contributed by atoms with Crippen molar-refractivity contribution < 1.29 is 14.3 Å². The second-order valence-electron chi connectivity index (χ2n) is 4.76. The summed E-state index contributed by atoms with van der Waals surface area (Å²) in [6, 6.07) is 10.7. The van der Waals surface area contributed by atoms with Crippen LogP contribution < -0.4 is 14.8 Å². The molecule has 1 amide bonds. The van der Waals surface area contributed by atoms with Gasteiger partial charge in [0, 0.05) is 23.8 Å². The Bertz CT molecular complexity index is 865. The molecular weight excluding hydrogens is 294 g/mol. The van der Waals surface area contributed by atoms with Gasteiger partial charge in [0.05, 0.1) is 25.4 Å². The molecule has 3 rings (SSSR count). The summed E-state index contributed by atoms with van der Waals surface area (Å²) in [5.74, 6) is 0.583. The van der Waals surface area contributed by atoms with E-state index >= 15 is 0 Å². The quantitative estimate of drug-likeness (QED) is 0.802. The number of methoxy groups -OCH3 is 2. The molecule has 0 bridgehead atoms. The van der Waals surface area contributed by atoms with Gasteiger partial charge in [-0.25, -0.2) is 4.98 Å². The van der Waals surface area contributed by atoms with Gasteiger partial charge >= 0.3 is 0 Å². The highest BCUT2D eigenvalue weighted by Gasteiger charge is 2.15. The van der Waals surface area contributed by atoms with E-state index < -0.39 is 0 Å². The van der Waals surface area contributed by atoms with Crippen LogP contribution in [0.15, 0.2) is 48.8 Å². The SMILES string of the molecule is COc1cc(NC(=O)c2cccnc2OC)c2ncccc2c1. The van der Waals surface area contributed by atoms with Crippen LogP contribution in [0.25, 0.3) is 10.9 Å². The van der Waals surface area contributed by atoms with Crippen LogP contribution in [0.1, 0.15) is 10.4 Å². The summed E-state index contributed by atoms with van der Waals surface area (Å²) in [5.41, 5.74) is 1.60. The predicted octanol–water partition coefficient (Wildman–Crippen LogP) is 2.90. The van der Waals surface area contributed by atoms with E-state index in [-0.39, 0.29) is 11.8 Å². The number of amides is 1. The minimum absolute atomic E-state index is 0.269. The molecule has 0 aliphatic rings. The van der Waals surface area contributed by atoms with Gasteiger partial charge in [-0.2, -0.15) is 0 Å². The predicted molar refractivity (Wildman–Crippen MR) is 87.0 cm³/mol. The van der Waals surface area contributed by atoms with Crippen LogP contribution in [0.2, 0.25) is 0 Å². The first-order valence-corrected chi connectivity index (χ1v) is 6.96. The Morgan fingerprint density at radius 2 is 1.83 bits per heavy atom. The number of benzene rings is 1. The van der Waals surface area contributed by atoms with Gasteiger partial charge in [-0.05, 0) is 24.3 Å². The van der Waals surface area contributed by atoms with Crippen LogP contribution in [-0.4, -0.2) is 30.1 Å². The van der Waals surface area contributed by atoms with Gasteiger partial charge in [-0.15, -0.1) is 0 Å². The number of anilines is 1. The third-order valence-electron chi connectivity index (χ3n) is 3.37. The molecule has 0 saturated heterocycles. The van der Waals surface area contributed by atoms with Crippen molar-refractivity contribution in [3.05, 3.63) is 54.4 Å². The smallest absolute Gasteiger partial charge is 0.261 e. The Kier molecular flexibility index (Phi) is 4.05. The maximum atomic E-state index is 12.5. The van der Waals surface area contributed by atoms with Gasteiger partial charge in [-0.3, -0.25) is 9.78 Å². The molecule has 0 aliphatic heterocycles. The second-order valence-corrected chi connectivity index (χ2v) is 4.76. The van der Waals surface area contributed by atoms with Crippen molar-refractivity contribution in [2.45, 2.75) is 0 Å². The molecule has 6 nitrogen and oxygen atoms in total. The van der Waals surface area contributed by atoms with Gasteiger partial charge < -0.3 is 14.8 Å². The van der Waals surface area contributed by atoms with Gasteiger partial charge in [0.1, 0.15) is 11.3 Å². The Balaban J connectivity index is 2.02. The van der Waals surface area contributed by atoms with Crippen LogP contribution in [0, 0.1) is 0 Å². The molecule has 0 fully saturated rings. The van der Waals surface area contributed by atoms with Gasteiger partial charge in [0.25, 0.3) is 5.91 Å². The lowest BCUT2D eigenvalue weighted by atomic mass is 10.1. The highest BCUT2D eigenvalue weighted by molar-refractivity contribution is 6.09. The van der Waals surface area contributed by atoms with E-state index in [9.17, 15) is 4.79 Å². The van der Waals surface area contributed by atoms with Crippen LogP contribution >= 0.6 is 0 Å². The van der Waals surface area contributed by atoms with Crippen molar-refractivity contribution in [1.82, 2.24) is 9.97 Å². The minimum Gasteiger partial charge on any atom is -0.497 e. The normalized spacial score (nSPS) is 10.3. The zero-order chi connectivity index (χ0) is 16.2. The number of pyridine rings is 2. The topological polar surface area (TPSA) is 73.3 Å². The van der Waals surface area contributed by atoms with E-state index in [2.05, 4.69) is 15.3 Å². The standard InChI is InChI=1S/C17H15N3O3/c1-22-12-9-11-5-3-7-18-15(11)14(10-12)20-16(21)13-6-4-8-19-17(13)23-2/h3-10H,1-2H3,(H,20,21). The zero-order valence-corrected chi connectivity index (χ0v) is 12.7. The Morgan fingerprint density at radius 3 is 2.61 bits per heavy atom. The molecule has 0 radical (unpaired) electrons. The fourth-order valence-electron chi connectivity index (χ4n) is 2.29. The molecular formula is C17H15N3O3. The molecule has 0 atom stereocenters. The Morgan fingerprint density at radius 1 is 1.04 bits per heavy atom. The molecule has 116 valence electrons. The number of rotatable bonds is 4. The van der Waals surface area contributed by atoms with Crippen molar-refractivity contribution in [1.29, 1.82) is 0 Å². The molecule has 0 unspecified atom stereocenters. The molecule has 0 saturated carbocycles. The molecule has 0 aliphatic carbocycles. The molecule has 0 spiro atoms. The summed E-state index contributed by atoms with van der Waals surface area (Å²) in [6.07, 6.45) is 3.24. The van der Waals surface area contributed by atoms with Crippen LogP contribution in [0.3, 0.4) is 0 Å². The number of aromatic nitrogens is 2. The lowest BCUT2D eigenvalue weighted by molar-refractivity contribution is 0.102. The highest BCUT2D eigenvalue weighted by Crippen LogP contribution is 2.28. The first kappa shape index (κ1) is 14.8. The molecule has 2 aromatic heterocycles. The Labute approximate surface area is 133 Å². The van der Waals surface area contributed by atoms with Crippen molar-refractivity contribution in [2.24, 2.45) is 0 Å². The number of ether oxygens (including phenoxy) is 2. The zero-order valence-electron chi connectivity index (χ0n) is 12.7. The van der Waals surface area contributed by atoms with Crippen LogP contribution in [0.4, 0.5) is 5.69 Å². The summed E-state index contributed by atoms with van der Waals surface area (Å²) < 4.78 is 10.4. The lowest BCUT2D eigenvalue weighted by Crippen LogP contribution is -2.14. The fraction of sp³-hybridized carbons (Fsp3) is 0.118. The minimum atomic E-state index is -0.324. The average molecular weight is 309 g/mol. The van der Waals surface area contributed by atoms with Crippen LogP contribution in [0.5, 0.6) is 11.6 Å². The number of carbonyl (C=O) groups is 1. The number of nitrogens with one attached hydrogen (secondary N) is 1. The maximum Gasteiger partial charge on any atom is 0.261 e. The Hall–Kier alpha value is -3.15. The van der Waals surface area contributed by atoms with E-state index in [0.29, 0.717) is 22.5 Å². The maximum absolute atomic E-state index is 12.5.